The predicted octanol–water partition coefficient (Wildman–Crippen LogP) is 2.42. The highest BCUT2D eigenvalue weighted by molar-refractivity contribution is 5.79. The summed E-state index contributed by atoms with van der Waals surface area (Å²) in [7, 11) is 0. The van der Waals surface area contributed by atoms with E-state index in [0.29, 0.717) is 18.7 Å². The molecule has 2 aromatic rings. The number of benzene rings is 1. The van der Waals surface area contributed by atoms with Gasteiger partial charge in [0.25, 0.3) is 0 Å². The fourth-order valence-corrected chi connectivity index (χ4v) is 2.86. The molecule has 120 valence electrons. The minimum atomic E-state index is -0.313. The molecule has 0 unspecified atom stereocenters. The molecule has 23 heavy (non-hydrogen) atoms. The maximum Gasteiger partial charge on any atom is 0.227 e. The Morgan fingerprint density at radius 3 is 2.61 bits per heavy atom. The lowest BCUT2D eigenvalue weighted by Gasteiger charge is -2.36. The molecule has 2 heterocycles. The number of piperazine rings is 1. The second-order valence-corrected chi connectivity index (χ2v) is 5.79. The number of hydrogen-bond donors (Lipinski definition) is 0. The van der Waals surface area contributed by atoms with Crippen molar-refractivity contribution in [2.45, 2.75) is 13.3 Å². The number of halogens is 1. The number of amides is 1. The van der Waals surface area contributed by atoms with Gasteiger partial charge >= 0.3 is 0 Å². The molecule has 0 radical (unpaired) electrons. The number of hydrogen-bond acceptors (Lipinski definition) is 3. The lowest BCUT2D eigenvalue weighted by atomic mass is 10.1. The summed E-state index contributed by atoms with van der Waals surface area (Å²) in [6, 6.07) is 10.5. The molecular weight excluding hydrogens is 293 g/mol. The molecule has 1 aliphatic heterocycles. The topological polar surface area (TPSA) is 36.4 Å². The average molecular weight is 313 g/mol. The quantitative estimate of drug-likeness (QED) is 0.873. The largest absolute Gasteiger partial charge is 0.368 e. The minimum absolute atomic E-state index is 0.0133. The molecule has 1 aromatic carbocycles. The first-order valence-corrected chi connectivity index (χ1v) is 7.82. The Kier molecular flexibility index (Phi) is 4.55. The van der Waals surface area contributed by atoms with E-state index in [1.807, 2.05) is 17.9 Å². The molecule has 4 nitrogen and oxygen atoms in total. The maximum atomic E-state index is 13.7. The van der Waals surface area contributed by atoms with Crippen LogP contribution in [0.5, 0.6) is 0 Å². The Balaban J connectivity index is 1.58. The zero-order chi connectivity index (χ0) is 16.2. The SMILES string of the molecule is Cc1cc(N2CCN(C(=O)Cc3ccccc3F)CC2)ccn1. The van der Waals surface area contributed by atoms with Gasteiger partial charge in [0.05, 0.1) is 6.42 Å². The van der Waals surface area contributed by atoms with Gasteiger partial charge in [0.15, 0.2) is 0 Å². The highest BCUT2D eigenvalue weighted by atomic mass is 19.1. The molecule has 1 aliphatic rings. The molecule has 0 bridgehead atoms. The summed E-state index contributed by atoms with van der Waals surface area (Å²) in [5.74, 6) is -0.326. The molecule has 0 N–H and O–H groups in total. The number of carbonyl (C=O) groups is 1. The van der Waals surface area contributed by atoms with Gasteiger partial charge in [0, 0.05) is 43.8 Å². The second kappa shape index (κ2) is 6.77. The van der Waals surface area contributed by atoms with Crippen LogP contribution >= 0.6 is 0 Å². The monoisotopic (exact) mass is 313 g/mol. The average Bonchev–Trinajstić information content (AvgIpc) is 2.57. The fourth-order valence-electron chi connectivity index (χ4n) is 2.86. The van der Waals surface area contributed by atoms with E-state index in [1.165, 1.54) is 6.07 Å². The highest BCUT2D eigenvalue weighted by Crippen LogP contribution is 2.17. The summed E-state index contributed by atoms with van der Waals surface area (Å²) in [6.45, 7) is 4.86. The molecule has 3 rings (SSSR count). The van der Waals surface area contributed by atoms with Crippen molar-refractivity contribution >= 4 is 11.6 Å². The van der Waals surface area contributed by atoms with Crippen LogP contribution in [0.1, 0.15) is 11.3 Å². The van der Waals surface area contributed by atoms with Crippen molar-refractivity contribution in [3.8, 4) is 0 Å². The van der Waals surface area contributed by atoms with E-state index < -0.39 is 0 Å². The lowest BCUT2D eigenvalue weighted by Crippen LogP contribution is -2.49. The summed E-state index contributed by atoms with van der Waals surface area (Å²) in [4.78, 5) is 20.6. The summed E-state index contributed by atoms with van der Waals surface area (Å²) >= 11 is 0. The van der Waals surface area contributed by atoms with Crippen molar-refractivity contribution in [2.24, 2.45) is 0 Å². The van der Waals surface area contributed by atoms with Crippen LogP contribution < -0.4 is 4.90 Å². The molecule has 1 aromatic heterocycles. The molecule has 0 aliphatic carbocycles. The van der Waals surface area contributed by atoms with Gasteiger partial charge in [-0.3, -0.25) is 9.78 Å². The normalized spacial score (nSPS) is 14.9. The van der Waals surface area contributed by atoms with Gasteiger partial charge < -0.3 is 9.80 Å². The van der Waals surface area contributed by atoms with Crippen LogP contribution in [-0.2, 0) is 11.2 Å². The Bertz CT molecular complexity index is 696. The number of aryl methyl sites for hydroxylation is 1. The van der Waals surface area contributed by atoms with Crippen LogP contribution in [0.3, 0.4) is 0 Å². The first kappa shape index (κ1) is 15.5. The third kappa shape index (κ3) is 3.67. The zero-order valence-corrected chi connectivity index (χ0v) is 13.2. The van der Waals surface area contributed by atoms with Crippen LogP contribution in [0.4, 0.5) is 10.1 Å². The maximum absolute atomic E-state index is 13.7. The van der Waals surface area contributed by atoms with Crippen LogP contribution in [0.25, 0.3) is 0 Å². The smallest absolute Gasteiger partial charge is 0.227 e. The summed E-state index contributed by atoms with van der Waals surface area (Å²) in [5, 5.41) is 0. The summed E-state index contributed by atoms with van der Waals surface area (Å²) in [5.41, 5.74) is 2.59. The van der Waals surface area contributed by atoms with E-state index in [1.54, 1.807) is 24.4 Å². The standard InChI is InChI=1S/C18H20FN3O/c1-14-12-16(6-7-20-14)21-8-10-22(11-9-21)18(23)13-15-4-2-3-5-17(15)19/h2-7,12H,8-11,13H2,1H3. The third-order valence-corrected chi connectivity index (χ3v) is 4.18. The molecule has 1 amide bonds. The Morgan fingerprint density at radius 2 is 1.91 bits per heavy atom. The van der Waals surface area contributed by atoms with Gasteiger partial charge in [-0.15, -0.1) is 0 Å². The van der Waals surface area contributed by atoms with Gasteiger partial charge in [0.2, 0.25) is 5.91 Å². The Hall–Kier alpha value is -2.43. The van der Waals surface area contributed by atoms with Crippen molar-refractivity contribution in [1.82, 2.24) is 9.88 Å². The van der Waals surface area contributed by atoms with E-state index in [-0.39, 0.29) is 18.1 Å². The van der Waals surface area contributed by atoms with Crippen molar-refractivity contribution in [3.05, 3.63) is 59.7 Å². The van der Waals surface area contributed by atoms with Gasteiger partial charge in [-0.25, -0.2) is 4.39 Å². The van der Waals surface area contributed by atoms with Crippen LogP contribution in [0, 0.1) is 12.7 Å². The number of aromatic nitrogens is 1. The highest BCUT2D eigenvalue weighted by Gasteiger charge is 2.22. The van der Waals surface area contributed by atoms with E-state index in [2.05, 4.69) is 16.0 Å². The third-order valence-electron chi connectivity index (χ3n) is 4.18. The number of nitrogens with zero attached hydrogens (tertiary/aromatic N) is 3. The van der Waals surface area contributed by atoms with Gasteiger partial charge in [-0.2, -0.15) is 0 Å². The minimum Gasteiger partial charge on any atom is -0.368 e. The summed E-state index contributed by atoms with van der Waals surface area (Å²) in [6.07, 6.45) is 1.93. The first-order valence-electron chi connectivity index (χ1n) is 7.82. The Labute approximate surface area is 135 Å². The number of carbonyl (C=O) groups excluding carboxylic acids is 1. The van der Waals surface area contributed by atoms with E-state index in [9.17, 15) is 9.18 Å². The molecule has 5 heteroatoms. The Morgan fingerprint density at radius 1 is 1.17 bits per heavy atom. The fraction of sp³-hybridized carbons (Fsp3) is 0.333. The number of pyridine rings is 1. The van der Waals surface area contributed by atoms with Crippen molar-refractivity contribution in [3.63, 3.8) is 0 Å². The zero-order valence-electron chi connectivity index (χ0n) is 13.2. The molecule has 0 saturated carbocycles. The summed E-state index contributed by atoms with van der Waals surface area (Å²) < 4.78 is 13.7. The van der Waals surface area contributed by atoms with Gasteiger partial charge in [-0.05, 0) is 30.7 Å². The molecule has 1 fully saturated rings. The van der Waals surface area contributed by atoms with Crippen LogP contribution in [0.15, 0.2) is 42.6 Å². The molecular formula is C18H20FN3O. The van der Waals surface area contributed by atoms with E-state index in [0.717, 1.165) is 24.5 Å². The predicted molar refractivity (Wildman–Crippen MR) is 87.9 cm³/mol. The van der Waals surface area contributed by atoms with Gasteiger partial charge in [-0.1, -0.05) is 18.2 Å². The van der Waals surface area contributed by atoms with Crippen LogP contribution in [-0.4, -0.2) is 42.0 Å². The van der Waals surface area contributed by atoms with Crippen LogP contribution in [0.2, 0.25) is 0 Å². The number of anilines is 1. The second-order valence-electron chi connectivity index (χ2n) is 5.79. The molecule has 1 saturated heterocycles. The lowest BCUT2D eigenvalue weighted by molar-refractivity contribution is -0.130. The van der Waals surface area contributed by atoms with Crippen molar-refractivity contribution < 1.29 is 9.18 Å². The van der Waals surface area contributed by atoms with E-state index in [4.69, 9.17) is 0 Å². The molecule has 0 spiro atoms. The first-order chi connectivity index (χ1) is 11.1. The van der Waals surface area contributed by atoms with Crippen molar-refractivity contribution in [1.29, 1.82) is 0 Å². The van der Waals surface area contributed by atoms with Crippen molar-refractivity contribution in [2.75, 3.05) is 31.1 Å². The number of rotatable bonds is 3. The van der Waals surface area contributed by atoms with Gasteiger partial charge in [0.1, 0.15) is 5.82 Å². The van der Waals surface area contributed by atoms with E-state index >= 15 is 0 Å². The molecule has 0 atom stereocenters.